The zero-order valence-electron chi connectivity index (χ0n) is 14.8. The monoisotopic (exact) mass is 330 g/mol. The molecule has 1 unspecified atom stereocenters. The number of nitrogens with one attached hydrogen (secondary N) is 2. The number of carbonyl (C=O) groups excluding carboxylic acids is 1. The zero-order chi connectivity index (χ0) is 17.7. The normalized spacial score (nSPS) is 13.4. The van der Waals surface area contributed by atoms with E-state index in [2.05, 4.69) is 15.7 Å². The van der Waals surface area contributed by atoms with Gasteiger partial charge in [-0.1, -0.05) is 31.5 Å². The Morgan fingerprint density at radius 3 is 2.54 bits per heavy atom. The number of aliphatic hydroxyl groups is 1. The number of urea groups is 1. The quantitative estimate of drug-likeness (QED) is 0.761. The minimum absolute atomic E-state index is 0.102. The molecule has 3 N–H and O–H groups in total. The highest BCUT2D eigenvalue weighted by molar-refractivity contribution is 5.91. The van der Waals surface area contributed by atoms with Crippen LogP contribution in [0.1, 0.15) is 38.1 Å². The van der Waals surface area contributed by atoms with E-state index in [-0.39, 0.29) is 12.6 Å². The molecule has 0 aliphatic rings. The third kappa shape index (κ3) is 3.94. The van der Waals surface area contributed by atoms with Gasteiger partial charge < -0.3 is 15.7 Å². The number of aliphatic hydroxyl groups excluding tert-OH is 1. The van der Waals surface area contributed by atoms with Gasteiger partial charge >= 0.3 is 6.03 Å². The lowest BCUT2D eigenvalue weighted by molar-refractivity contribution is 0.167. The van der Waals surface area contributed by atoms with E-state index in [1.807, 2.05) is 62.7 Å². The SMILES string of the molecule is CCCC(C)(CO)NC(=O)Nc1c(C)nn(-c2ccccc2)c1C. The molecular weight excluding hydrogens is 304 g/mol. The number of hydrogen-bond acceptors (Lipinski definition) is 3. The van der Waals surface area contributed by atoms with Crippen molar-refractivity contribution in [2.75, 3.05) is 11.9 Å². The molecule has 1 aromatic carbocycles. The van der Waals surface area contributed by atoms with Gasteiger partial charge in [-0.25, -0.2) is 9.48 Å². The number of para-hydroxylation sites is 1. The number of aromatic nitrogens is 2. The minimum atomic E-state index is -0.629. The van der Waals surface area contributed by atoms with Crippen molar-refractivity contribution in [3.8, 4) is 5.69 Å². The van der Waals surface area contributed by atoms with Crippen molar-refractivity contribution in [3.63, 3.8) is 0 Å². The second-order valence-corrected chi connectivity index (χ2v) is 6.34. The predicted octanol–water partition coefficient (Wildman–Crippen LogP) is 3.16. The lowest BCUT2D eigenvalue weighted by atomic mass is 9.98. The molecule has 0 radical (unpaired) electrons. The number of amides is 2. The summed E-state index contributed by atoms with van der Waals surface area (Å²) < 4.78 is 1.81. The summed E-state index contributed by atoms with van der Waals surface area (Å²) in [5, 5.41) is 19.8. The largest absolute Gasteiger partial charge is 0.394 e. The van der Waals surface area contributed by atoms with Crippen LogP contribution in [0.15, 0.2) is 30.3 Å². The summed E-state index contributed by atoms with van der Waals surface area (Å²) in [6.45, 7) is 7.53. The molecule has 0 saturated carbocycles. The molecule has 6 nitrogen and oxygen atoms in total. The van der Waals surface area contributed by atoms with Crippen LogP contribution >= 0.6 is 0 Å². The van der Waals surface area contributed by atoms with Crippen molar-refractivity contribution in [1.82, 2.24) is 15.1 Å². The molecular formula is C18H26N4O2. The summed E-state index contributed by atoms with van der Waals surface area (Å²) in [5.41, 5.74) is 2.60. The Labute approximate surface area is 142 Å². The Kier molecular flexibility index (Phi) is 5.62. The molecule has 2 amide bonds. The second kappa shape index (κ2) is 7.49. The first-order chi connectivity index (χ1) is 11.4. The molecule has 0 spiro atoms. The first-order valence-corrected chi connectivity index (χ1v) is 8.22. The van der Waals surface area contributed by atoms with Crippen LogP contribution < -0.4 is 10.6 Å². The number of anilines is 1. The predicted molar refractivity (Wildman–Crippen MR) is 95.6 cm³/mol. The van der Waals surface area contributed by atoms with E-state index in [4.69, 9.17) is 0 Å². The molecule has 0 fully saturated rings. The first kappa shape index (κ1) is 18.0. The van der Waals surface area contributed by atoms with E-state index in [0.29, 0.717) is 12.1 Å². The van der Waals surface area contributed by atoms with E-state index in [0.717, 1.165) is 23.5 Å². The van der Waals surface area contributed by atoms with E-state index in [9.17, 15) is 9.90 Å². The average molecular weight is 330 g/mol. The third-order valence-corrected chi connectivity index (χ3v) is 4.10. The van der Waals surface area contributed by atoms with Crippen molar-refractivity contribution >= 4 is 11.7 Å². The van der Waals surface area contributed by atoms with Gasteiger partial charge in [0.05, 0.1) is 34.9 Å². The minimum Gasteiger partial charge on any atom is -0.394 e. The van der Waals surface area contributed by atoms with Gasteiger partial charge in [-0.3, -0.25) is 0 Å². The zero-order valence-corrected chi connectivity index (χ0v) is 14.8. The number of hydrogen-bond donors (Lipinski definition) is 3. The fourth-order valence-corrected chi connectivity index (χ4v) is 2.80. The molecule has 1 heterocycles. The van der Waals surface area contributed by atoms with Crippen LogP contribution in [-0.2, 0) is 0 Å². The van der Waals surface area contributed by atoms with E-state index < -0.39 is 5.54 Å². The van der Waals surface area contributed by atoms with Gasteiger partial charge in [0.1, 0.15) is 0 Å². The maximum absolute atomic E-state index is 12.3. The molecule has 1 aromatic heterocycles. The lowest BCUT2D eigenvalue weighted by Gasteiger charge is -2.28. The lowest BCUT2D eigenvalue weighted by Crippen LogP contribution is -2.50. The Balaban J connectivity index is 2.19. The van der Waals surface area contributed by atoms with Crippen LogP contribution in [0.25, 0.3) is 5.69 Å². The standard InChI is InChI=1S/C18H26N4O2/c1-5-11-18(4,12-23)20-17(24)19-16-13(2)21-22(14(16)3)15-9-7-6-8-10-15/h6-10,23H,5,11-12H2,1-4H3,(H2,19,20,24). The first-order valence-electron chi connectivity index (χ1n) is 8.22. The Hall–Kier alpha value is -2.34. The second-order valence-electron chi connectivity index (χ2n) is 6.34. The smallest absolute Gasteiger partial charge is 0.319 e. The van der Waals surface area contributed by atoms with Crippen LogP contribution in [-0.4, -0.2) is 33.1 Å². The fourth-order valence-electron chi connectivity index (χ4n) is 2.80. The van der Waals surface area contributed by atoms with Gasteiger partial charge in [0.15, 0.2) is 0 Å². The van der Waals surface area contributed by atoms with Crippen molar-refractivity contribution in [2.45, 2.75) is 46.1 Å². The van der Waals surface area contributed by atoms with Gasteiger partial charge in [0.2, 0.25) is 0 Å². The molecule has 0 aliphatic carbocycles. The summed E-state index contributed by atoms with van der Waals surface area (Å²) in [6.07, 6.45) is 1.58. The average Bonchev–Trinajstić information content (AvgIpc) is 2.84. The van der Waals surface area contributed by atoms with Gasteiger partial charge in [-0.05, 0) is 39.3 Å². The summed E-state index contributed by atoms with van der Waals surface area (Å²) in [5.74, 6) is 0. The molecule has 24 heavy (non-hydrogen) atoms. The van der Waals surface area contributed by atoms with Crippen molar-refractivity contribution in [3.05, 3.63) is 41.7 Å². The maximum Gasteiger partial charge on any atom is 0.319 e. The van der Waals surface area contributed by atoms with Gasteiger partial charge in [0, 0.05) is 0 Å². The third-order valence-electron chi connectivity index (χ3n) is 4.10. The number of nitrogens with zero attached hydrogens (tertiary/aromatic N) is 2. The fraction of sp³-hybridized carbons (Fsp3) is 0.444. The van der Waals surface area contributed by atoms with Crippen LogP contribution in [0.2, 0.25) is 0 Å². The summed E-state index contributed by atoms with van der Waals surface area (Å²) in [7, 11) is 0. The molecule has 130 valence electrons. The Bertz CT molecular complexity index is 697. The van der Waals surface area contributed by atoms with Crippen molar-refractivity contribution in [1.29, 1.82) is 0 Å². The van der Waals surface area contributed by atoms with E-state index in [1.54, 1.807) is 0 Å². The Morgan fingerprint density at radius 1 is 1.29 bits per heavy atom. The van der Waals surface area contributed by atoms with Gasteiger partial charge in [0.25, 0.3) is 0 Å². The summed E-state index contributed by atoms with van der Waals surface area (Å²) >= 11 is 0. The number of rotatable bonds is 6. The highest BCUT2D eigenvalue weighted by Crippen LogP contribution is 2.23. The van der Waals surface area contributed by atoms with Crippen LogP contribution in [0.4, 0.5) is 10.5 Å². The molecule has 1 atom stereocenters. The number of aryl methyl sites for hydroxylation is 1. The van der Waals surface area contributed by atoms with Crippen LogP contribution in [0.5, 0.6) is 0 Å². The highest BCUT2D eigenvalue weighted by atomic mass is 16.3. The highest BCUT2D eigenvalue weighted by Gasteiger charge is 2.25. The van der Waals surface area contributed by atoms with Crippen molar-refractivity contribution in [2.24, 2.45) is 0 Å². The summed E-state index contributed by atoms with van der Waals surface area (Å²) in [4.78, 5) is 12.3. The summed E-state index contributed by atoms with van der Waals surface area (Å²) in [6, 6.07) is 9.44. The molecule has 2 aromatic rings. The van der Waals surface area contributed by atoms with Gasteiger partial charge in [-0.15, -0.1) is 0 Å². The number of benzene rings is 1. The van der Waals surface area contributed by atoms with Gasteiger partial charge in [-0.2, -0.15) is 5.10 Å². The molecule has 0 aliphatic heterocycles. The number of carbonyl (C=O) groups is 1. The topological polar surface area (TPSA) is 79.2 Å². The van der Waals surface area contributed by atoms with E-state index in [1.165, 1.54) is 0 Å². The maximum atomic E-state index is 12.3. The Morgan fingerprint density at radius 2 is 1.96 bits per heavy atom. The van der Waals surface area contributed by atoms with Crippen molar-refractivity contribution < 1.29 is 9.90 Å². The molecule has 6 heteroatoms. The van der Waals surface area contributed by atoms with Crippen LogP contribution in [0.3, 0.4) is 0 Å². The van der Waals surface area contributed by atoms with Crippen LogP contribution in [0, 0.1) is 13.8 Å². The van der Waals surface area contributed by atoms with E-state index >= 15 is 0 Å². The molecule has 0 bridgehead atoms. The molecule has 0 saturated heterocycles. The molecule has 2 rings (SSSR count).